The van der Waals surface area contributed by atoms with Gasteiger partial charge in [0.15, 0.2) is 5.82 Å². The number of hydrogen-bond acceptors (Lipinski definition) is 5. The van der Waals surface area contributed by atoms with Crippen molar-refractivity contribution in [1.82, 2.24) is 10.1 Å². The molecule has 0 bridgehead atoms. The summed E-state index contributed by atoms with van der Waals surface area (Å²) in [5.74, 6) is 1.28. The first-order chi connectivity index (χ1) is 5.86. The topological polar surface area (TPSA) is 74.2 Å². The standard InChI is InChI=1S/C7H13N3O2.ClH/c1-11-5-3-6-9-7(2-4-8)12-10-6;/h2-5,8H2,1H3;1H. The van der Waals surface area contributed by atoms with Gasteiger partial charge in [-0.15, -0.1) is 12.4 Å². The van der Waals surface area contributed by atoms with E-state index in [2.05, 4.69) is 10.1 Å². The van der Waals surface area contributed by atoms with Crippen molar-refractivity contribution in [2.45, 2.75) is 12.8 Å². The molecule has 13 heavy (non-hydrogen) atoms. The van der Waals surface area contributed by atoms with Gasteiger partial charge in [0.25, 0.3) is 0 Å². The molecule has 0 radical (unpaired) electrons. The van der Waals surface area contributed by atoms with Gasteiger partial charge in [-0.05, 0) is 0 Å². The highest BCUT2D eigenvalue weighted by Crippen LogP contribution is 1.98. The number of aromatic nitrogens is 2. The minimum Gasteiger partial charge on any atom is -0.384 e. The average Bonchev–Trinajstić information content (AvgIpc) is 2.50. The Balaban J connectivity index is 0.00000144. The predicted octanol–water partition coefficient (Wildman–Crippen LogP) is 0.182. The zero-order valence-corrected chi connectivity index (χ0v) is 8.34. The molecule has 0 atom stereocenters. The van der Waals surface area contributed by atoms with Crippen molar-refractivity contribution in [2.24, 2.45) is 5.73 Å². The lowest BCUT2D eigenvalue weighted by Gasteiger charge is -1.90. The fourth-order valence-corrected chi connectivity index (χ4v) is 0.810. The summed E-state index contributed by atoms with van der Waals surface area (Å²) in [6.07, 6.45) is 1.32. The minimum atomic E-state index is 0. The first kappa shape index (κ1) is 12.3. The highest BCUT2D eigenvalue weighted by Gasteiger charge is 2.03. The van der Waals surface area contributed by atoms with Crippen LogP contribution in [0, 0.1) is 0 Å². The summed E-state index contributed by atoms with van der Waals surface area (Å²) in [5, 5.41) is 3.75. The molecule has 5 nitrogen and oxygen atoms in total. The lowest BCUT2D eigenvalue weighted by Crippen LogP contribution is -2.03. The molecule has 0 aromatic carbocycles. The van der Waals surface area contributed by atoms with Gasteiger partial charge in [-0.3, -0.25) is 0 Å². The first-order valence-corrected chi connectivity index (χ1v) is 3.87. The molecule has 1 heterocycles. The smallest absolute Gasteiger partial charge is 0.227 e. The van der Waals surface area contributed by atoms with Gasteiger partial charge in [0.1, 0.15) is 0 Å². The maximum Gasteiger partial charge on any atom is 0.227 e. The molecule has 0 aliphatic carbocycles. The van der Waals surface area contributed by atoms with E-state index < -0.39 is 0 Å². The zero-order valence-electron chi connectivity index (χ0n) is 7.52. The van der Waals surface area contributed by atoms with E-state index >= 15 is 0 Å². The second kappa shape index (κ2) is 6.82. The van der Waals surface area contributed by atoms with E-state index in [0.717, 1.165) is 0 Å². The summed E-state index contributed by atoms with van der Waals surface area (Å²) in [4.78, 5) is 4.10. The number of ether oxygens (including phenoxy) is 1. The Morgan fingerprint density at radius 2 is 2.23 bits per heavy atom. The molecule has 0 amide bonds. The molecule has 2 N–H and O–H groups in total. The highest BCUT2D eigenvalue weighted by molar-refractivity contribution is 5.85. The molecule has 1 aromatic heterocycles. The molecule has 0 spiro atoms. The Morgan fingerprint density at radius 1 is 1.46 bits per heavy atom. The van der Waals surface area contributed by atoms with Crippen LogP contribution in [0.4, 0.5) is 0 Å². The van der Waals surface area contributed by atoms with Crippen LogP contribution in [0.2, 0.25) is 0 Å². The Kier molecular flexibility index (Phi) is 6.48. The van der Waals surface area contributed by atoms with Crippen LogP contribution in [0.5, 0.6) is 0 Å². The van der Waals surface area contributed by atoms with Gasteiger partial charge in [-0.2, -0.15) is 4.98 Å². The fraction of sp³-hybridized carbons (Fsp3) is 0.714. The molecular formula is C7H14ClN3O2. The number of halogens is 1. The molecule has 1 rings (SSSR count). The summed E-state index contributed by atoms with van der Waals surface area (Å²) in [6, 6.07) is 0. The van der Waals surface area contributed by atoms with E-state index in [1.54, 1.807) is 7.11 Å². The van der Waals surface area contributed by atoms with Gasteiger partial charge in [0.2, 0.25) is 5.89 Å². The number of hydrogen-bond donors (Lipinski definition) is 1. The Bertz CT molecular complexity index is 229. The lowest BCUT2D eigenvalue weighted by molar-refractivity contribution is 0.199. The summed E-state index contributed by atoms with van der Waals surface area (Å²) in [7, 11) is 1.64. The van der Waals surface area contributed by atoms with E-state index in [-0.39, 0.29) is 12.4 Å². The van der Waals surface area contributed by atoms with Gasteiger partial charge in [0.05, 0.1) is 6.61 Å². The third kappa shape index (κ3) is 4.21. The Hall–Kier alpha value is -0.650. The Morgan fingerprint density at radius 3 is 2.85 bits per heavy atom. The normalized spacial score (nSPS) is 9.69. The monoisotopic (exact) mass is 207 g/mol. The number of nitrogens with zero attached hydrogens (tertiary/aromatic N) is 2. The molecule has 0 saturated carbocycles. The Labute approximate surface area is 83.0 Å². The van der Waals surface area contributed by atoms with E-state index in [9.17, 15) is 0 Å². The molecule has 0 saturated heterocycles. The second-order valence-electron chi connectivity index (χ2n) is 2.39. The number of rotatable bonds is 5. The van der Waals surface area contributed by atoms with Crippen molar-refractivity contribution in [3.63, 3.8) is 0 Å². The SMILES string of the molecule is COCCc1noc(CCN)n1.Cl. The predicted molar refractivity (Wildman–Crippen MR) is 49.9 cm³/mol. The van der Waals surface area contributed by atoms with Crippen LogP contribution in [0.25, 0.3) is 0 Å². The second-order valence-corrected chi connectivity index (χ2v) is 2.39. The van der Waals surface area contributed by atoms with E-state index in [0.29, 0.717) is 37.7 Å². The molecule has 0 unspecified atom stereocenters. The van der Waals surface area contributed by atoms with Gasteiger partial charge >= 0.3 is 0 Å². The van der Waals surface area contributed by atoms with Crippen LogP contribution in [-0.4, -0.2) is 30.4 Å². The zero-order chi connectivity index (χ0) is 8.81. The number of nitrogens with two attached hydrogens (primary N) is 1. The average molecular weight is 208 g/mol. The molecule has 0 aliphatic heterocycles. The van der Waals surface area contributed by atoms with Crippen LogP contribution in [0.3, 0.4) is 0 Å². The van der Waals surface area contributed by atoms with Crippen molar-refractivity contribution >= 4 is 12.4 Å². The van der Waals surface area contributed by atoms with Crippen molar-refractivity contribution in [1.29, 1.82) is 0 Å². The van der Waals surface area contributed by atoms with Crippen LogP contribution < -0.4 is 5.73 Å². The molecular weight excluding hydrogens is 194 g/mol. The third-order valence-electron chi connectivity index (χ3n) is 1.40. The molecule has 1 aromatic rings. The van der Waals surface area contributed by atoms with E-state index in [1.165, 1.54) is 0 Å². The quantitative estimate of drug-likeness (QED) is 0.746. The van der Waals surface area contributed by atoms with Crippen LogP contribution in [0.1, 0.15) is 11.7 Å². The maximum atomic E-state index is 5.32. The summed E-state index contributed by atoms with van der Waals surface area (Å²) < 4.78 is 9.77. The number of methoxy groups -OCH3 is 1. The lowest BCUT2D eigenvalue weighted by atomic mass is 10.4. The van der Waals surface area contributed by atoms with Crippen molar-refractivity contribution in [2.75, 3.05) is 20.3 Å². The molecule has 0 aliphatic rings. The highest BCUT2D eigenvalue weighted by atomic mass is 35.5. The van der Waals surface area contributed by atoms with Crippen molar-refractivity contribution in [3.05, 3.63) is 11.7 Å². The van der Waals surface area contributed by atoms with Crippen LogP contribution in [-0.2, 0) is 17.6 Å². The fourth-order valence-electron chi connectivity index (χ4n) is 0.810. The van der Waals surface area contributed by atoms with Crippen molar-refractivity contribution in [3.8, 4) is 0 Å². The van der Waals surface area contributed by atoms with Gasteiger partial charge in [-0.1, -0.05) is 5.16 Å². The van der Waals surface area contributed by atoms with Gasteiger partial charge in [-0.25, -0.2) is 0 Å². The van der Waals surface area contributed by atoms with E-state index in [4.69, 9.17) is 15.0 Å². The minimum absolute atomic E-state index is 0. The van der Waals surface area contributed by atoms with E-state index in [1.807, 2.05) is 0 Å². The van der Waals surface area contributed by atoms with Crippen molar-refractivity contribution < 1.29 is 9.26 Å². The summed E-state index contributed by atoms with van der Waals surface area (Å²) >= 11 is 0. The first-order valence-electron chi connectivity index (χ1n) is 3.87. The van der Waals surface area contributed by atoms with Gasteiger partial charge < -0.3 is 15.0 Å². The molecule has 76 valence electrons. The summed E-state index contributed by atoms with van der Waals surface area (Å²) in [6.45, 7) is 1.15. The largest absolute Gasteiger partial charge is 0.384 e. The maximum absolute atomic E-state index is 5.32. The van der Waals surface area contributed by atoms with Gasteiger partial charge in [0, 0.05) is 26.5 Å². The third-order valence-corrected chi connectivity index (χ3v) is 1.40. The summed E-state index contributed by atoms with van der Waals surface area (Å²) in [5.41, 5.74) is 5.32. The van der Waals surface area contributed by atoms with Crippen LogP contribution >= 0.6 is 12.4 Å². The molecule has 0 fully saturated rings. The molecule has 6 heteroatoms. The van der Waals surface area contributed by atoms with Crippen LogP contribution in [0.15, 0.2) is 4.52 Å².